The number of nitrogens with zero attached hydrogens (tertiary/aromatic N) is 2. The number of hydrogen-bond donors (Lipinski definition) is 0. The number of carbonyl (C=O) groups is 1. The zero-order valence-electron chi connectivity index (χ0n) is 11.5. The molecule has 0 radical (unpaired) electrons. The number of benzene rings is 1. The highest BCUT2D eigenvalue weighted by Gasteiger charge is 2.12. The van der Waals surface area contributed by atoms with Gasteiger partial charge in [-0.1, -0.05) is 32.0 Å². The topological polar surface area (TPSA) is 34.9 Å². The first-order valence-corrected chi connectivity index (χ1v) is 6.80. The van der Waals surface area contributed by atoms with Crippen LogP contribution >= 0.6 is 0 Å². The second kappa shape index (κ2) is 6.32. The molecule has 0 aliphatic rings. The summed E-state index contributed by atoms with van der Waals surface area (Å²) in [6.07, 6.45) is 3.30. The quantitative estimate of drug-likeness (QED) is 0.585. The Hall–Kier alpha value is -1.90. The van der Waals surface area contributed by atoms with Gasteiger partial charge in [-0.25, -0.2) is 4.68 Å². The predicted molar refractivity (Wildman–Crippen MR) is 76.7 cm³/mol. The van der Waals surface area contributed by atoms with Crippen molar-refractivity contribution in [3.8, 4) is 5.69 Å². The van der Waals surface area contributed by atoms with Crippen LogP contribution in [-0.4, -0.2) is 16.1 Å². The lowest BCUT2D eigenvalue weighted by molar-refractivity contribution is -0.107. The molecule has 1 heterocycles. The highest BCUT2D eigenvalue weighted by molar-refractivity contribution is 5.49. The molecule has 2 rings (SSSR count). The molecule has 1 aromatic carbocycles. The lowest BCUT2D eigenvalue weighted by atomic mass is 10.1. The van der Waals surface area contributed by atoms with Crippen LogP contribution in [-0.2, 0) is 11.2 Å². The highest BCUT2D eigenvalue weighted by atomic mass is 16.1. The van der Waals surface area contributed by atoms with Gasteiger partial charge in [0.05, 0.1) is 11.4 Å². The fourth-order valence-corrected chi connectivity index (χ4v) is 2.12. The van der Waals surface area contributed by atoms with Gasteiger partial charge in [0.2, 0.25) is 0 Å². The van der Waals surface area contributed by atoms with Crippen molar-refractivity contribution in [3.05, 3.63) is 47.8 Å². The smallest absolute Gasteiger partial charge is 0.120 e. The minimum absolute atomic E-state index is 0.424. The number of aromatic nitrogens is 2. The summed E-state index contributed by atoms with van der Waals surface area (Å²) in [6, 6.07) is 12.3. The Morgan fingerprint density at radius 1 is 1.26 bits per heavy atom. The average molecular weight is 256 g/mol. The normalized spacial score (nSPS) is 10.9. The van der Waals surface area contributed by atoms with Crippen LogP contribution in [0.1, 0.15) is 44.0 Å². The maximum Gasteiger partial charge on any atom is 0.120 e. The molecular formula is C16H20N2O. The molecular weight excluding hydrogens is 236 g/mol. The molecule has 19 heavy (non-hydrogen) atoms. The van der Waals surface area contributed by atoms with E-state index in [-0.39, 0.29) is 0 Å². The van der Waals surface area contributed by atoms with E-state index >= 15 is 0 Å². The summed E-state index contributed by atoms with van der Waals surface area (Å²) in [6.45, 7) is 4.34. The van der Waals surface area contributed by atoms with Crippen molar-refractivity contribution >= 4 is 6.29 Å². The molecule has 100 valence electrons. The molecule has 0 unspecified atom stereocenters. The van der Waals surface area contributed by atoms with Crippen molar-refractivity contribution < 1.29 is 4.79 Å². The first kappa shape index (κ1) is 13.5. The fourth-order valence-electron chi connectivity index (χ4n) is 2.12. The molecule has 0 atom stereocenters. The maximum absolute atomic E-state index is 10.4. The van der Waals surface area contributed by atoms with Gasteiger partial charge < -0.3 is 4.79 Å². The van der Waals surface area contributed by atoms with Gasteiger partial charge in [-0.2, -0.15) is 5.10 Å². The number of hydrogen-bond acceptors (Lipinski definition) is 2. The number of unbranched alkanes of at least 4 members (excludes halogenated alkanes) is 1. The third-order valence-corrected chi connectivity index (χ3v) is 3.13. The predicted octanol–water partition coefficient (Wildman–Crippen LogP) is 3.52. The molecule has 0 amide bonds. The van der Waals surface area contributed by atoms with Gasteiger partial charge in [0.1, 0.15) is 6.29 Å². The molecule has 3 heteroatoms. The van der Waals surface area contributed by atoms with Crippen molar-refractivity contribution in [2.75, 3.05) is 0 Å². The van der Waals surface area contributed by atoms with E-state index in [0.29, 0.717) is 12.3 Å². The number of para-hydroxylation sites is 1. The first-order valence-electron chi connectivity index (χ1n) is 6.80. The van der Waals surface area contributed by atoms with E-state index in [9.17, 15) is 4.79 Å². The average Bonchev–Trinajstić information content (AvgIpc) is 2.84. The molecule has 3 nitrogen and oxygen atoms in total. The lowest BCUT2D eigenvalue weighted by Gasteiger charge is -2.09. The molecule has 0 N–H and O–H groups in total. The molecule has 0 fully saturated rings. The largest absolute Gasteiger partial charge is 0.303 e. The minimum Gasteiger partial charge on any atom is -0.303 e. The Bertz CT molecular complexity index is 529. The zero-order valence-corrected chi connectivity index (χ0v) is 11.5. The Kier molecular flexibility index (Phi) is 4.50. The van der Waals surface area contributed by atoms with Gasteiger partial charge in [-0.3, -0.25) is 0 Å². The molecule has 0 aliphatic carbocycles. The van der Waals surface area contributed by atoms with E-state index in [1.165, 1.54) is 5.69 Å². The van der Waals surface area contributed by atoms with E-state index in [1.807, 2.05) is 22.9 Å². The van der Waals surface area contributed by atoms with Gasteiger partial charge in [0.25, 0.3) is 0 Å². The summed E-state index contributed by atoms with van der Waals surface area (Å²) in [5.74, 6) is 0.424. The third kappa shape index (κ3) is 3.31. The summed E-state index contributed by atoms with van der Waals surface area (Å²) >= 11 is 0. The minimum atomic E-state index is 0.424. The summed E-state index contributed by atoms with van der Waals surface area (Å²) < 4.78 is 2.01. The van der Waals surface area contributed by atoms with Gasteiger partial charge in [-0.05, 0) is 37.0 Å². The molecule has 0 spiro atoms. The Balaban J connectivity index is 2.28. The van der Waals surface area contributed by atoms with Crippen LogP contribution in [0.5, 0.6) is 0 Å². The molecule has 0 aliphatic heterocycles. The van der Waals surface area contributed by atoms with Crippen LogP contribution in [0.3, 0.4) is 0 Å². The van der Waals surface area contributed by atoms with Crippen molar-refractivity contribution in [2.24, 2.45) is 0 Å². The first-order chi connectivity index (χ1) is 9.22. The number of carbonyl (C=O) groups excluding carboxylic acids is 1. The van der Waals surface area contributed by atoms with E-state index < -0.39 is 0 Å². The van der Waals surface area contributed by atoms with Gasteiger partial charge in [0.15, 0.2) is 0 Å². The van der Waals surface area contributed by atoms with E-state index in [0.717, 1.165) is 30.5 Å². The number of aldehydes is 1. The monoisotopic (exact) mass is 256 g/mol. The van der Waals surface area contributed by atoms with Crippen LogP contribution in [0.2, 0.25) is 0 Å². The van der Waals surface area contributed by atoms with Crippen molar-refractivity contribution in [2.45, 2.75) is 39.0 Å². The van der Waals surface area contributed by atoms with E-state index in [4.69, 9.17) is 0 Å². The van der Waals surface area contributed by atoms with Gasteiger partial charge in [0, 0.05) is 12.1 Å². The fraction of sp³-hybridized carbons (Fsp3) is 0.375. The summed E-state index contributed by atoms with van der Waals surface area (Å²) in [7, 11) is 0. The van der Waals surface area contributed by atoms with Crippen LogP contribution in [0, 0.1) is 0 Å². The second-order valence-corrected chi connectivity index (χ2v) is 5.02. The van der Waals surface area contributed by atoms with E-state index in [1.54, 1.807) is 0 Å². The zero-order chi connectivity index (χ0) is 13.7. The molecule has 0 bridgehead atoms. The third-order valence-electron chi connectivity index (χ3n) is 3.13. The lowest BCUT2D eigenvalue weighted by Crippen LogP contribution is -2.03. The Morgan fingerprint density at radius 3 is 2.63 bits per heavy atom. The second-order valence-electron chi connectivity index (χ2n) is 5.02. The van der Waals surface area contributed by atoms with Crippen LogP contribution < -0.4 is 0 Å². The summed E-state index contributed by atoms with van der Waals surface area (Å²) in [5, 5.41) is 4.67. The Labute approximate surface area is 114 Å². The number of aryl methyl sites for hydroxylation is 1. The van der Waals surface area contributed by atoms with Crippen molar-refractivity contribution in [3.63, 3.8) is 0 Å². The van der Waals surface area contributed by atoms with E-state index in [2.05, 4.69) is 37.1 Å². The number of rotatable bonds is 6. The van der Waals surface area contributed by atoms with Crippen molar-refractivity contribution in [1.29, 1.82) is 0 Å². The molecule has 0 saturated heterocycles. The van der Waals surface area contributed by atoms with Crippen LogP contribution in [0.15, 0.2) is 36.4 Å². The summed E-state index contributed by atoms with van der Waals surface area (Å²) in [4.78, 5) is 10.4. The standard InChI is InChI=1S/C16H20N2O/c1-13(2)16-12-14(8-6-7-11-19)17-18(16)15-9-4-3-5-10-15/h3-5,9-13H,6-8H2,1-2H3. The molecule has 2 aromatic rings. The van der Waals surface area contributed by atoms with Crippen molar-refractivity contribution in [1.82, 2.24) is 9.78 Å². The SMILES string of the molecule is CC(C)c1cc(CCCC=O)nn1-c1ccccc1. The maximum atomic E-state index is 10.4. The van der Waals surface area contributed by atoms with Gasteiger partial charge >= 0.3 is 0 Å². The molecule has 1 aromatic heterocycles. The van der Waals surface area contributed by atoms with Crippen LogP contribution in [0.25, 0.3) is 5.69 Å². The highest BCUT2D eigenvalue weighted by Crippen LogP contribution is 2.21. The van der Waals surface area contributed by atoms with Gasteiger partial charge in [-0.15, -0.1) is 0 Å². The Morgan fingerprint density at radius 2 is 2.00 bits per heavy atom. The summed E-state index contributed by atoms with van der Waals surface area (Å²) in [5.41, 5.74) is 3.37. The molecule has 0 saturated carbocycles. The van der Waals surface area contributed by atoms with Crippen LogP contribution in [0.4, 0.5) is 0 Å².